The van der Waals surface area contributed by atoms with E-state index in [-0.39, 0.29) is 6.04 Å². The van der Waals surface area contributed by atoms with E-state index in [0.717, 1.165) is 49.1 Å². The molecule has 0 amide bonds. The summed E-state index contributed by atoms with van der Waals surface area (Å²) < 4.78 is 11.2. The molecule has 0 unspecified atom stereocenters. The zero-order valence-corrected chi connectivity index (χ0v) is 16.2. The lowest BCUT2D eigenvalue weighted by Crippen LogP contribution is -2.18. The van der Waals surface area contributed by atoms with Gasteiger partial charge in [-0.3, -0.25) is 0 Å². The van der Waals surface area contributed by atoms with Crippen molar-refractivity contribution in [2.24, 2.45) is 0 Å². The maximum atomic E-state index is 5.74. The second kappa shape index (κ2) is 8.97. The first-order valence-electron chi connectivity index (χ1n) is 10.0. The fourth-order valence-electron chi connectivity index (χ4n) is 3.63. The Morgan fingerprint density at radius 1 is 1.07 bits per heavy atom. The Morgan fingerprint density at radius 3 is 2.93 bits per heavy atom. The predicted molar refractivity (Wildman–Crippen MR) is 110 cm³/mol. The van der Waals surface area contributed by atoms with Crippen LogP contribution < -0.4 is 10.1 Å². The quantitative estimate of drug-likeness (QED) is 0.589. The van der Waals surface area contributed by atoms with Gasteiger partial charge in [-0.25, -0.2) is 15.0 Å². The largest absolute Gasteiger partial charge is 0.475 e. The van der Waals surface area contributed by atoms with Crippen molar-refractivity contribution < 1.29 is 9.47 Å². The zero-order valence-electron chi connectivity index (χ0n) is 16.2. The van der Waals surface area contributed by atoms with Crippen LogP contribution in [0.3, 0.4) is 0 Å². The van der Waals surface area contributed by atoms with Gasteiger partial charge in [0.05, 0.1) is 18.2 Å². The Morgan fingerprint density at radius 2 is 2.00 bits per heavy atom. The van der Waals surface area contributed by atoms with Gasteiger partial charge in [-0.2, -0.15) is 0 Å². The molecule has 1 atom stereocenters. The molecular weight excluding hydrogens is 352 g/mol. The van der Waals surface area contributed by atoms with Crippen molar-refractivity contribution in [3.05, 3.63) is 53.9 Å². The molecule has 1 N–H and O–H groups in total. The minimum Gasteiger partial charge on any atom is -0.475 e. The van der Waals surface area contributed by atoms with Gasteiger partial charge in [0.25, 0.3) is 0 Å². The fourth-order valence-corrected chi connectivity index (χ4v) is 3.63. The van der Waals surface area contributed by atoms with Crippen LogP contribution >= 0.6 is 0 Å². The first kappa shape index (κ1) is 18.6. The number of rotatable bonds is 8. The minimum absolute atomic E-state index is 0.233. The molecular formula is C22H26N4O2. The Balaban J connectivity index is 1.53. The number of aryl methyl sites for hydroxylation is 1. The van der Waals surface area contributed by atoms with E-state index in [2.05, 4.69) is 51.5 Å². The van der Waals surface area contributed by atoms with E-state index < -0.39 is 0 Å². The first-order valence-corrected chi connectivity index (χ1v) is 10.0. The average molecular weight is 378 g/mol. The normalized spacial score (nSPS) is 16.0. The van der Waals surface area contributed by atoms with Crippen LogP contribution in [0.4, 0.5) is 5.82 Å². The lowest BCUT2D eigenvalue weighted by molar-refractivity contribution is 0.0991. The van der Waals surface area contributed by atoms with Crippen molar-refractivity contribution in [1.82, 2.24) is 15.0 Å². The Hall–Kier alpha value is -2.73. The topological polar surface area (TPSA) is 69.2 Å². The summed E-state index contributed by atoms with van der Waals surface area (Å²) >= 11 is 0. The molecule has 0 saturated heterocycles. The number of hydrogen-bond donors (Lipinski definition) is 1. The SMILES string of the molecule is CCCOCCOc1ccc2ncnc(N[C@H]3CCCc4ccccc43)c2n1. The number of hydrogen-bond acceptors (Lipinski definition) is 6. The van der Waals surface area contributed by atoms with Crippen LogP contribution in [-0.2, 0) is 11.2 Å². The molecule has 6 nitrogen and oxygen atoms in total. The van der Waals surface area contributed by atoms with Gasteiger partial charge < -0.3 is 14.8 Å². The molecule has 0 fully saturated rings. The van der Waals surface area contributed by atoms with Crippen LogP contribution in [0, 0.1) is 0 Å². The van der Waals surface area contributed by atoms with E-state index in [1.807, 2.05) is 12.1 Å². The van der Waals surface area contributed by atoms with E-state index in [9.17, 15) is 0 Å². The summed E-state index contributed by atoms with van der Waals surface area (Å²) in [6.07, 6.45) is 5.96. The molecule has 0 aliphatic heterocycles. The van der Waals surface area contributed by atoms with Crippen molar-refractivity contribution in [2.75, 3.05) is 25.1 Å². The number of nitrogens with one attached hydrogen (secondary N) is 1. The van der Waals surface area contributed by atoms with Crippen LogP contribution in [-0.4, -0.2) is 34.8 Å². The summed E-state index contributed by atoms with van der Waals surface area (Å²) in [7, 11) is 0. The number of ether oxygens (including phenoxy) is 2. The van der Waals surface area contributed by atoms with Crippen LogP contribution in [0.15, 0.2) is 42.7 Å². The lowest BCUT2D eigenvalue weighted by Gasteiger charge is -2.27. The summed E-state index contributed by atoms with van der Waals surface area (Å²) in [5.41, 5.74) is 4.29. The van der Waals surface area contributed by atoms with Gasteiger partial charge in [-0.05, 0) is 42.9 Å². The fraction of sp³-hybridized carbons (Fsp3) is 0.409. The van der Waals surface area contributed by atoms with E-state index in [1.165, 1.54) is 11.1 Å². The number of pyridine rings is 1. The third-order valence-electron chi connectivity index (χ3n) is 4.96. The number of aromatic nitrogens is 3. The van der Waals surface area contributed by atoms with Crippen LogP contribution in [0.1, 0.15) is 43.4 Å². The summed E-state index contributed by atoms with van der Waals surface area (Å²) in [5.74, 6) is 1.31. The molecule has 1 aliphatic carbocycles. The lowest BCUT2D eigenvalue weighted by atomic mass is 9.88. The summed E-state index contributed by atoms with van der Waals surface area (Å²) in [6, 6.07) is 12.6. The van der Waals surface area contributed by atoms with Gasteiger partial charge in [-0.15, -0.1) is 0 Å². The van der Waals surface area contributed by atoms with Gasteiger partial charge >= 0.3 is 0 Å². The molecule has 1 aliphatic rings. The van der Waals surface area contributed by atoms with Gasteiger partial charge in [0.15, 0.2) is 5.82 Å². The molecule has 146 valence electrons. The maximum Gasteiger partial charge on any atom is 0.214 e. The first-order chi connectivity index (χ1) is 13.8. The van der Waals surface area contributed by atoms with Gasteiger partial charge in [0, 0.05) is 12.7 Å². The van der Waals surface area contributed by atoms with Gasteiger partial charge in [-0.1, -0.05) is 31.2 Å². The highest BCUT2D eigenvalue weighted by Crippen LogP contribution is 2.33. The number of fused-ring (bicyclic) bond motifs is 2. The average Bonchev–Trinajstić information content (AvgIpc) is 2.74. The molecule has 3 aromatic rings. The molecule has 1 aromatic carbocycles. The molecule has 0 radical (unpaired) electrons. The summed E-state index contributed by atoms with van der Waals surface area (Å²) in [6.45, 7) is 3.87. The highest BCUT2D eigenvalue weighted by atomic mass is 16.5. The molecule has 0 saturated carbocycles. The van der Waals surface area contributed by atoms with E-state index in [0.29, 0.717) is 19.1 Å². The Kier molecular flexibility index (Phi) is 5.97. The smallest absolute Gasteiger partial charge is 0.214 e. The van der Waals surface area contributed by atoms with Crippen molar-refractivity contribution in [3.8, 4) is 5.88 Å². The summed E-state index contributed by atoms with van der Waals surface area (Å²) in [5, 5.41) is 3.60. The minimum atomic E-state index is 0.233. The highest BCUT2D eigenvalue weighted by Gasteiger charge is 2.21. The molecule has 6 heteroatoms. The van der Waals surface area contributed by atoms with Crippen LogP contribution in [0.25, 0.3) is 11.0 Å². The second-order valence-electron chi connectivity index (χ2n) is 6.99. The third kappa shape index (κ3) is 4.22. The van der Waals surface area contributed by atoms with E-state index >= 15 is 0 Å². The summed E-state index contributed by atoms with van der Waals surface area (Å²) in [4.78, 5) is 13.5. The van der Waals surface area contributed by atoms with Crippen LogP contribution in [0.2, 0.25) is 0 Å². The van der Waals surface area contributed by atoms with Gasteiger partial charge in [0.1, 0.15) is 18.5 Å². The van der Waals surface area contributed by atoms with Crippen molar-refractivity contribution in [3.63, 3.8) is 0 Å². The van der Waals surface area contributed by atoms with Gasteiger partial charge in [0.2, 0.25) is 5.88 Å². The van der Waals surface area contributed by atoms with Crippen molar-refractivity contribution in [1.29, 1.82) is 0 Å². The number of anilines is 1. The van der Waals surface area contributed by atoms with E-state index in [1.54, 1.807) is 6.33 Å². The molecule has 4 rings (SSSR count). The van der Waals surface area contributed by atoms with Crippen molar-refractivity contribution >= 4 is 16.9 Å². The standard InChI is InChI=1S/C22H26N4O2/c1-2-12-27-13-14-28-20-11-10-19-21(26-20)22(24-15-23-19)25-18-9-5-7-16-6-3-4-8-17(16)18/h3-4,6,8,10-11,15,18H,2,5,7,9,12-14H2,1H3,(H,23,24,25)/t18-/m0/s1. The molecule has 0 bridgehead atoms. The Labute approximate surface area is 165 Å². The second-order valence-corrected chi connectivity index (χ2v) is 6.99. The zero-order chi connectivity index (χ0) is 19.2. The van der Waals surface area contributed by atoms with E-state index in [4.69, 9.17) is 9.47 Å². The van der Waals surface area contributed by atoms with Crippen LogP contribution in [0.5, 0.6) is 5.88 Å². The highest BCUT2D eigenvalue weighted by molar-refractivity contribution is 5.85. The molecule has 0 spiro atoms. The van der Waals surface area contributed by atoms with Crippen molar-refractivity contribution in [2.45, 2.75) is 38.6 Å². The maximum absolute atomic E-state index is 5.74. The monoisotopic (exact) mass is 378 g/mol. The number of nitrogens with zero attached hydrogens (tertiary/aromatic N) is 3. The number of benzene rings is 1. The Bertz CT molecular complexity index is 931. The third-order valence-corrected chi connectivity index (χ3v) is 4.96. The predicted octanol–water partition coefficient (Wildman–Crippen LogP) is 4.32. The molecule has 2 aromatic heterocycles. The molecule has 28 heavy (non-hydrogen) atoms. The molecule has 2 heterocycles.